The minimum atomic E-state index is -4.93. The van der Waals surface area contributed by atoms with Crippen LogP contribution in [0.25, 0.3) is 0 Å². The zero-order chi connectivity index (χ0) is 13.0. The predicted molar refractivity (Wildman–Crippen MR) is 64.2 cm³/mol. The normalized spacial score (nSPS) is 19.6. The van der Waals surface area contributed by atoms with Gasteiger partial charge in [-0.15, -0.1) is 5.46 Å². The molecular formula is C12H15BF3KO2. The van der Waals surface area contributed by atoms with Crippen molar-refractivity contribution in [3.63, 3.8) is 0 Å². The largest absolute Gasteiger partial charge is 1.00 e. The average molecular weight is 298 g/mol. The van der Waals surface area contributed by atoms with Gasteiger partial charge in [0.05, 0.1) is 6.10 Å². The Morgan fingerprint density at radius 2 is 1.84 bits per heavy atom. The minimum absolute atomic E-state index is 0. The van der Waals surface area contributed by atoms with Gasteiger partial charge >= 0.3 is 58.4 Å². The molecular weight excluding hydrogens is 283 g/mol. The van der Waals surface area contributed by atoms with Gasteiger partial charge in [-0.05, 0) is 31.4 Å². The summed E-state index contributed by atoms with van der Waals surface area (Å²) in [5.74, 6) is 0.452. The summed E-state index contributed by atoms with van der Waals surface area (Å²) in [7, 11) is 0. The van der Waals surface area contributed by atoms with Crippen molar-refractivity contribution in [2.24, 2.45) is 0 Å². The first-order valence-corrected chi connectivity index (χ1v) is 6.10. The molecule has 1 fully saturated rings. The van der Waals surface area contributed by atoms with Crippen LogP contribution in [0.5, 0.6) is 5.75 Å². The van der Waals surface area contributed by atoms with E-state index in [1.54, 1.807) is 0 Å². The summed E-state index contributed by atoms with van der Waals surface area (Å²) in [6, 6.07) is 4.81. The number of hydrogen-bond acceptors (Lipinski definition) is 2. The van der Waals surface area contributed by atoms with Gasteiger partial charge in [0.25, 0.3) is 0 Å². The van der Waals surface area contributed by atoms with Crippen LogP contribution in [0.3, 0.4) is 0 Å². The zero-order valence-corrected chi connectivity index (χ0v) is 14.1. The average Bonchev–Trinajstić information content (AvgIpc) is 2.37. The zero-order valence-electron chi connectivity index (χ0n) is 11.0. The number of benzene rings is 1. The fourth-order valence-electron chi connectivity index (χ4n) is 1.91. The van der Waals surface area contributed by atoms with Crippen LogP contribution in [-0.4, -0.2) is 26.3 Å². The van der Waals surface area contributed by atoms with Gasteiger partial charge in [0.1, 0.15) is 12.4 Å². The molecule has 1 aromatic carbocycles. The number of ether oxygens (including phenoxy) is 2. The maximum atomic E-state index is 12.4. The third-order valence-electron chi connectivity index (χ3n) is 2.97. The molecule has 1 unspecified atom stereocenters. The van der Waals surface area contributed by atoms with E-state index in [4.69, 9.17) is 9.47 Å². The first-order valence-electron chi connectivity index (χ1n) is 6.10. The third-order valence-corrected chi connectivity index (χ3v) is 2.97. The topological polar surface area (TPSA) is 18.5 Å². The van der Waals surface area contributed by atoms with Gasteiger partial charge in [0, 0.05) is 6.61 Å². The van der Waals surface area contributed by atoms with Crippen molar-refractivity contribution >= 4 is 12.4 Å². The molecule has 7 heteroatoms. The number of rotatable bonds is 4. The Balaban J connectivity index is 0.00000180. The Morgan fingerprint density at radius 3 is 2.37 bits per heavy atom. The Hall–Kier alpha value is 0.471. The monoisotopic (exact) mass is 298 g/mol. The number of halogens is 3. The van der Waals surface area contributed by atoms with Crippen LogP contribution in [0, 0.1) is 0 Å². The standard InChI is InChI=1S/C12H15BF3O2.K/c14-13(15,16)10-4-6-11(7-5-10)18-9-12-3-1-2-8-17-12;/h4-7,12H,1-3,8-9H2;/q-1;+1. The Bertz CT molecular complexity index is 378. The SMILES string of the molecule is F[B-](F)(F)c1ccc(OCC2CCCCO2)cc1.[K+]. The quantitative estimate of drug-likeness (QED) is 0.710. The molecule has 0 saturated carbocycles. The van der Waals surface area contributed by atoms with Crippen LogP contribution in [0.1, 0.15) is 19.3 Å². The van der Waals surface area contributed by atoms with E-state index in [9.17, 15) is 12.9 Å². The fraction of sp³-hybridized carbons (Fsp3) is 0.500. The Morgan fingerprint density at radius 1 is 1.16 bits per heavy atom. The molecule has 19 heavy (non-hydrogen) atoms. The third kappa shape index (κ3) is 5.77. The van der Waals surface area contributed by atoms with E-state index in [-0.39, 0.29) is 57.5 Å². The van der Waals surface area contributed by atoms with Crippen molar-refractivity contribution in [2.75, 3.05) is 13.2 Å². The van der Waals surface area contributed by atoms with E-state index in [2.05, 4.69) is 0 Å². The van der Waals surface area contributed by atoms with Crippen LogP contribution >= 0.6 is 0 Å². The van der Waals surface area contributed by atoms with Gasteiger partial charge in [-0.3, -0.25) is 0 Å². The molecule has 0 bridgehead atoms. The predicted octanol–water partition coefficient (Wildman–Crippen LogP) is -0.307. The van der Waals surface area contributed by atoms with Crippen molar-refractivity contribution < 1.29 is 73.8 Å². The van der Waals surface area contributed by atoms with E-state index in [0.29, 0.717) is 12.4 Å². The maximum absolute atomic E-state index is 12.4. The smallest absolute Gasteiger partial charge is 0.491 e. The molecule has 0 radical (unpaired) electrons. The molecule has 2 rings (SSSR count). The minimum Gasteiger partial charge on any atom is -0.491 e. The summed E-state index contributed by atoms with van der Waals surface area (Å²) < 4.78 is 48.1. The van der Waals surface area contributed by atoms with Crippen molar-refractivity contribution in [2.45, 2.75) is 25.4 Å². The fourth-order valence-corrected chi connectivity index (χ4v) is 1.91. The van der Waals surface area contributed by atoms with E-state index >= 15 is 0 Å². The summed E-state index contributed by atoms with van der Waals surface area (Å²) in [6.45, 7) is -3.79. The second kappa shape index (κ2) is 8.05. The molecule has 1 aliphatic heterocycles. The maximum Gasteiger partial charge on any atom is 1.00 e. The van der Waals surface area contributed by atoms with E-state index in [0.717, 1.165) is 38.0 Å². The van der Waals surface area contributed by atoms with E-state index < -0.39 is 12.4 Å². The molecule has 1 aromatic rings. The van der Waals surface area contributed by atoms with Gasteiger partial charge in [0.15, 0.2) is 0 Å². The summed E-state index contributed by atoms with van der Waals surface area (Å²) in [5.41, 5.74) is -0.601. The second-order valence-corrected chi connectivity index (χ2v) is 4.44. The van der Waals surface area contributed by atoms with Crippen molar-refractivity contribution in [3.8, 4) is 5.75 Å². The van der Waals surface area contributed by atoms with Crippen molar-refractivity contribution in [1.29, 1.82) is 0 Å². The Labute approximate surface area is 153 Å². The molecule has 0 N–H and O–H groups in total. The number of hydrogen-bond donors (Lipinski definition) is 0. The van der Waals surface area contributed by atoms with Crippen molar-refractivity contribution in [3.05, 3.63) is 24.3 Å². The summed E-state index contributed by atoms with van der Waals surface area (Å²) >= 11 is 0. The van der Waals surface area contributed by atoms with E-state index in [1.165, 1.54) is 12.1 Å². The van der Waals surface area contributed by atoms with Crippen LogP contribution < -0.4 is 61.6 Å². The molecule has 0 amide bonds. The van der Waals surface area contributed by atoms with Crippen LogP contribution in [-0.2, 0) is 4.74 Å². The first-order chi connectivity index (χ1) is 8.55. The molecule has 2 nitrogen and oxygen atoms in total. The molecule has 1 saturated heterocycles. The van der Waals surface area contributed by atoms with E-state index in [1.807, 2.05) is 0 Å². The molecule has 0 aliphatic carbocycles. The summed E-state index contributed by atoms with van der Waals surface area (Å²) in [4.78, 5) is 0. The van der Waals surface area contributed by atoms with Crippen LogP contribution in [0.15, 0.2) is 24.3 Å². The summed E-state index contributed by atoms with van der Waals surface area (Å²) in [5, 5.41) is 0. The molecule has 1 heterocycles. The Kier molecular flexibility index (Phi) is 7.42. The molecule has 1 aliphatic rings. The van der Waals surface area contributed by atoms with Crippen molar-refractivity contribution in [1.82, 2.24) is 0 Å². The van der Waals surface area contributed by atoms with Crippen LogP contribution in [0.2, 0.25) is 0 Å². The molecule has 1 atom stereocenters. The van der Waals surface area contributed by atoms with Gasteiger partial charge < -0.3 is 22.4 Å². The molecule has 0 aromatic heterocycles. The van der Waals surface area contributed by atoms with Gasteiger partial charge in [-0.1, -0.05) is 12.1 Å². The van der Waals surface area contributed by atoms with Gasteiger partial charge in [-0.25, -0.2) is 0 Å². The molecule has 0 spiro atoms. The first kappa shape index (κ1) is 17.5. The van der Waals surface area contributed by atoms with Gasteiger partial charge in [0.2, 0.25) is 0 Å². The van der Waals surface area contributed by atoms with Gasteiger partial charge in [-0.2, -0.15) is 0 Å². The molecule has 100 valence electrons. The second-order valence-electron chi connectivity index (χ2n) is 4.44. The van der Waals surface area contributed by atoms with Crippen LogP contribution in [0.4, 0.5) is 12.9 Å². The summed E-state index contributed by atoms with van der Waals surface area (Å²) in [6.07, 6.45) is 3.19.